The molecule has 0 aliphatic carbocycles. The van der Waals surface area contributed by atoms with Crippen molar-refractivity contribution in [1.82, 2.24) is 4.31 Å². The lowest BCUT2D eigenvalue weighted by Crippen LogP contribution is -2.54. The molecule has 7 nitrogen and oxygen atoms in total. The first kappa shape index (κ1) is 15.8. The highest BCUT2D eigenvalue weighted by atomic mass is 32.2. The second-order valence-corrected chi connectivity index (χ2v) is 6.83. The van der Waals surface area contributed by atoms with E-state index in [1.807, 2.05) is 0 Å². The van der Waals surface area contributed by atoms with E-state index in [0.717, 1.165) is 4.31 Å². The Morgan fingerprint density at radius 1 is 1.29 bits per heavy atom. The van der Waals surface area contributed by atoms with Crippen molar-refractivity contribution >= 4 is 33.1 Å². The van der Waals surface area contributed by atoms with E-state index >= 15 is 0 Å². The van der Waals surface area contributed by atoms with Gasteiger partial charge in [-0.1, -0.05) is 24.4 Å². The normalized spacial score (nSPS) is 20.1. The van der Waals surface area contributed by atoms with E-state index in [1.54, 1.807) is 0 Å². The highest BCUT2D eigenvalue weighted by Crippen LogP contribution is 2.21. The summed E-state index contributed by atoms with van der Waals surface area (Å²) < 4.78 is 31.3. The van der Waals surface area contributed by atoms with Gasteiger partial charge in [0.25, 0.3) is 0 Å². The molecule has 1 unspecified atom stereocenters. The molecule has 0 spiro atoms. The van der Waals surface area contributed by atoms with Gasteiger partial charge in [-0.05, 0) is 12.1 Å². The molecule has 1 heterocycles. The Balaban J connectivity index is 2.35. The Morgan fingerprint density at radius 3 is 2.43 bits per heavy atom. The molecule has 1 fully saturated rings. The van der Waals surface area contributed by atoms with Crippen LogP contribution in [0.5, 0.6) is 0 Å². The van der Waals surface area contributed by atoms with Crippen LogP contribution in [0, 0.1) is 0 Å². The zero-order valence-electron chi connectivity index (χ0n) is 11.1. The Hall–Kier alpha value is -1.55. The molecule has 1 saturated heterocycles. The second kappa shape index (κ2) is 6.06. The van der Waals surface area contributed by atoms with Gasteiger partial charge < -0.3 is 16.2 Å². The maximum absolute atomic E-state index is 12.6. The van der Waals surface area contributed by atoms with Crippen LogP contribution in [0.3, 0.4) is 0 Å². The summed E-state index contributed by atoms with van der Waals surface area (Å²) in [5.74, 6) is -0.738. The zero-order valence-corrected chi connectivity index (χ0v) is 12.7. The standard InChI is InChI=1S/C12H15N3O4S2/c13-11(16)10-7-19-6-5-15(10)21(17,18)9-3-1-8(2-4-9)12(14)20/h1-4,10H,5-7H2,(H2,13,16)(H2,14,20). The minimum Gasteiger partial charge on any atom is -0.389 e. The van der Waals surface area contributed by atoms with Crippen molar-refractivity contribution < 1.29 is 17.9 Å². The molecule has 1 aliphatic rings. The topological polar surface area (TPSA) is 116 Å². The third kappa shape index (κ3) is 3.21. The van der Waals surface area contributed by atoms with Gasteiger partial charge in [-0.3, -0.25) is 4.79 Å². The number of hydrogen-bond acceptors (Lipinski definition) is 5. The van der Waals surface area contributed by atoms with Crippen LogP contribution in [0.25, 0.3) is 0 Å². The Labute approximate surface area is 127 Å². The number of rotatable bonds is 4. The van der Waals surface area contributed by atoms with E-state index in [1.165, 1.54) is 24.3 Å². The number of primary amides is 1. The monoisotopic (exact) mass is 329 g/mol. The van der Waals surface area contributed by atoms with Crippen LogP contribution in [0.15, 0.2) is 29.2 Å². The van der Waals surface area contributed by atoms with E-state index in [9.17, 15) is 13.2 Å². The third-order valence-corrected chi connectivity index (χ3v) is 5.31. The van der Waals surface area contributed by atoms with Crippen LogP contribution in [-0.4, -0.2) is 49.4 Å². The number of benzene rings is 1. The van der Waals surface area contributed by atoms with Gasteiger partial charge in [0.15, 0.2) is 0 Å². The van der Waals surface area contributed by atoms with Gasteiger partial charge in [-0.25, -0.2) is 8.42 Å². The van der Waals surface area contributed by atoms with Gasteiger partial charge in [0.1, 0.15) is 11.0 Å². The molecule has 0 saturated carbocycles. The molecule has 0 aromatic heterocycles. The molecular formula is C12H15N3O4S2. The largest absolute Gasteiger partial charge is 0.389 e. The van der Waals surface area contributed by atoms with Crippen LogP contribution in [0.4, 0.5) is 0 Å². The molecule has 1 atom stereocenters. The summed E-state index contributed by atoms with van der Waals surface area (Å²) in [4.78, 5) is 11.6. The summed E-state index contributed by atoms with van der Waals surface area (Å²) in [6.45, 7) is 0.251. The minimum atomic E-state index is -3.83. The van der Waals surface area contributed by atoms with Gasteiger partial charge in [0, 0.05) is 12.1 Å². The number of nitrogens with two attached hydrogens (primary N) is 2. The van der Waals surface area contributed by atoms with Crippen molar-refractivity contribution in [2.75, 3.05) is 19.8 Å². The Bertz CT molecular complexity index is 658. The lowest BCUT2D eigenvalue weighted by Gasteiger charge is -2.32. The van der Waals surface area contributed by atoms with E-state index in [2.05, 4.69) is 0 Å². The van der Waals surface area contributed by atoms with Crippen molar-refractivity contribution in [3.63, 3.8) is 0 Å². The predicted octanol–water partition coefficient (Wildman–Crippen LogP) is -0.804. The average molecular weight is 329 g/mol. The molecule has 1 aromatic rings. The maximum atomic E-state index is 12.6. The molecule has 21 heavy (non-hydrogen) atoms. The quantitative estimate of drug-likeness (QED) is 0.698. The fraction of sp³-hybridized carbons (Fsp3) is 0.333. The summed E-state index contributed by atoms with van der Waals surface area (Å²) in [5.41, 5.74) is 11.3. The number of sulfonamides is 1. The number of morpholine rings is 1. The molecule has 1 amide bonds. The molecule has 0 bridgehead atoms. The lowest BCUT2D eigenvalue weighted by atomic mass is 10.2. The molecule has 4 N–H and O–H groups in total. The Kier molecular flexibility index (Phi) is 4.57. The van der Waals surface area contributed by atoms with Crippen molar-refractivity contribution in [3.05, 3.63) is 29.8 Å². The van der Waals surface area contributed by atoms with Gasteiger partial charge in [-0.15, -0.1) is 0 Å². The molecule has 114 valence electrons. The van der Waals surface area contributed by atoms with Gasteiger partial charge >= 0.3 is 0 Å². The first-order valence-electron chi connectivity index (χ1n) is 6.13. The first-order chi connectivity index (χ1) is 9.84. The van der Waals surface area contributed by atoms with Crippen LogP contribution in [0.1, 0.15) is 5.56 Å². The highest BCUT2D eigenvalue weighted by Gasteiger charge is 2.37. The fourth-order valence-electron chi connectivity index (χ4n) is 2.03. The second-order valence-electron chi connectivity index (χ2n) is 4.50. The number of carbonyl (C=O) groups is 1. The van der Waals surface area contributed by atoms with Crippen molar-refractivity contribution in [2.45, 2.75) is 10.9 Å². The van der Waals surface area contributed by atoms with Crippen molar-refractivity contribution in [1.29, 1.82) is 0 Å². The summed E-state index contributed by atoms with van der Waals surface area (Å²) >= 11 is 4.82. The summed E-state index contributed by atoms with van der Waals surface area (Å²) in [6.07, 6.45) is 0. The number of amides is 1. The number of ether oxygens (including phenoxy) is 1. The lowest BCUT2D eigenvalue weighted by molar-refractivity contribution is -0.125. The van der Waals surface area contributed by atoms with Crippen LogP contribution in [-0.2, 0) is 19.6 Å². The van der Waals surface area contributed by atoms with Gasteiger partial charge in [-0.2, -0.15) is 4.31 Å². The number of carbonyl (C=O) groups excluding carboxylic acids is 1. The number of nitrogens with zero attached hydrogens (tertiary/aromatic N) is 1. The smallest absolute Gasteiger partial charge is 0.243 e. The zero-order chi connectivity index (χ0) is 15.6. The van der Waals surface area contributed by atoms with Crippen molar-refractivity contribution in [2.24, 2.45) is 11.5 Å². The van der Waals surface area contributed by atoms with E-state index in [0.29, 0.717) is 5.56 Å². The predicted molar refractivity (Wildman–Crippen MR) is 80.0 cm³/mol. The summed E-state index contributed by atoms with van der Waals surface area (Å²) in [5, 5.41) is 0. The molecule has 1 aliphatic heterocycles. The van der Waals surface area contributed by atoms with E-state index in [4.69, 9.17) is 28.4 Å². The van der Waals surface area contributed by atoms with Crippen LogP contribution >= 0.6 is 12.2 Å². The average Bonchev–Trinajstić information content (AvgIpc) is 2.47. The molecular weight excluding hydrogens is 314 g/mol. The number of hydrogen-bond donors (Lipinski definition) is 2. The van der Waals surface area contributed by atoms with Gasteiger partial charge in [0.05, 0.1) is 18.1 Å². The third-order valence-electron chi connectivity index (χ3n) is 3.15. The fourth-order valence-corrected chi connectivity index (χ4v) is 3.73. The highest BCUT2D eigenvalue weighted by molar-refractivity contribution is 7.89. The van der Waals surface area contributed by atoms with E-state index < -0.39 is 22.0 Å². The summed E-state index contributed by atoms with van der Waals surface area (Å²) in [7, 11) is -3.83. The van der Waals surface area contributed by atoms with Crippen LogP contribution in [0.2, 0.25) is 0 Å². The van der Waals surface area contributed by atoms with Gasteiger partial charge in [0.2, 0.25) is 15.9 Å². The Morgan fingerprint density at radius 2 is 1.90 bits per heavy atom. The molecule has 1 aromatic carbocycles. The molecule has 0 radical (unpaired) electrons. The van der Waals surface area contributed by atoms with Crippen LogP contribution < -0.4 is 11.5 Å². The maximum Gasteiger partial charge on any atom is 0.243 e. The SMILES string of the molecule is NC(=O)C1COCCN1S(=O)(=O)c1ccc(C(N)=S)cc1. The minimum absolute atomic E-state index is 0.0421. The number of thiocarbonyl (C=S) groups is 1. The molecule has 9 heteroatoms. The van der Waals surface area contributed by atoms with Crippen molar-refractivity contribution in [3.8, 4) is 0 Å². The molecule has 2 rings (SSSR count). The first-order valence-corrected chi connectivity index (χ1v) is 7.97. The van der Waals surface area contributed by atoms with E-state index in [-0.39, 0.29) is 29.6 Å². The summed E-state index contributed by atoms with van der Waals surface area (Å²) in [6, 6.07) is 4.84.